The van der Waals surface area contributed by atoms with Crippen molar-refractivity contribution in [1.82, 2.24) is 0 Å². The smallest absolute Gasteiger partial charge is 0.338 e. The van der Waals surface area contributed by atoms with Crippen molar-refractivity contribution < 1.29 is 19.1 Å². The minimum Gasteiger partial charge on any atom is -0.462 e. The highest BCUT2D eigenvalue weighted by Gasteiger charge is 2.10. The van der Waals surface area contributed by atoms with Gasteiger partial charge in [0.05, 0.1) is 12.2 Å². The van der Waals surface area contributed by atoms with Crippen LogP contribution in [0.25, 0.3) is 0 Å². The lowest BCUT2D eigenvalue weighted by Gasteiger charge is -2.08. The molecule has 0 fully saturated rings. The summed E-state index contributed by atoms with van der Waals surface area (Å²) in [5.74, 6) is -0.898. The fourth-order valence-electron chi connectivity index (χ4n) is 2.67. The van der Waals surface area contributed by atoms with Gasteiger partial charge < -0.3 is 15.4 Å². The van der Waals surface area contributed by atoms with Crippen LogP contribution in [0.5, 0.6) is 0 Å². The summed E-state index contributed by atoms with van der Waals surface area (Å²) in [5.41, 5.74) is 2.59. The minimum absolute atomic E-state index is 0.217. The van der Waals surface area contributed by atoms with Gasteiger partial charge in [-0.25, -0.2) is 4.79 Å². The van der Waals surface area contributed by atoms with E-state index >= 15 is 0 Å². The Morgan fingerprint density at radius 2 is 1.13 bits per heavy atom. The monoisotopic (exact) mass is 402 g/mol. The second-order valence-corrected chi connectivity index (χ2v) is 6.56. The van der Waals surface area contributed by atoms with Crippen molar-refractivity contribution in [1.29, 1.82) is 0 Å². The predicted octanol–water partition coefficient (Wildman–Crippen LogP) is 4.76. The highest BCUT2D eigenvalue weighted by molar-refractivity contribution is 6.06. The molecule has 0 radical (unpaired) electrons. The lowest BCUT2D eigenvalue weighted by molar-refractivity contribution is 0.0505. The Labute approximate surface area is 174 Å². The molecule has 3 aromatic carbocycles. The summed E-state index contributed by atoms with van der Waals surface area (Å²) in [6, 6.07) is 22.0. The van der Waals surface area contributed by atoms with Gasteiger partial charge in [-0.2, -0.15) is 0 Å². The second kappa shape index (κ2) is 10.0. The Hall–Kier alpha value is -3.93. The second-order valence-electron chi connectivity index (χ2n) is 6.56. The maximum atomic E-state index is 12.4. The fourth-order valence-corrected chi connectivity index (χ4v) is 2.67. The van der Waals surface area contributed by atoms with Crippen LogP contribution in [0, 0.1) is 0 Å². The van der Waals surface area contributed by atoms with Crippen LogP contribution in [0.15, 0.2) is 78.9 Å². The number of nitrogens with one attached hydrogen (secondary N) is 2. The van der Waals surface area contributed by atoms with Crippen molar-refractivity contribution in [3.05, 3.63) is 95.6 Å². The van der Waals surface area contributed by atoms with Gasteiger partial charge in [-0.05, 0) is 67.1 Å². The first-order chi connectivity index (χ1) is 14.6. The van der Waals surface area contributed by atoms with Crippen molar-refractivity contribution in [2.24, 2.45) is 0 Å². The molecule has 6 heteroatoms. The summed E-state index contributed by atoms with van der Waals surface area (Å²) in [4.78, 5) is 36.4. The molecule has 0 aliphatic heterocycles. The number of benzene rings is 3. The van der Waals surface area contributed by atoms with E-state index < -0.39 is 0 Å². The molecule has 0 bridgehead atoms. The third-order valence-electron chi connectivity index (χ3n) is 4.26. The molecule has 0 saturated heterocycles. The standard InChI is InChI=1S/C24H22N2O4/c1-2-16-30-24(29)19-10-14-21(15-11-19)26-23(28)18-8-12-20(13-9-18)25-22(27)17-6-4-3-5-7-17/h3-15H,2,16H2,1H3,(H,25,27)(H,26,28). The largest absolute Gasteiger partial charge is 0.462 e. The Morgan fingerprint density at radius 1 is 0.667 bits per heavy atom. The highest BCUT2D eigenvalue weighted by atomic mass is 16.5. The van der Waals surface area contributed by atoms with Crippen LogP contribution < -0.4 is 10.6 Å². The topological polar surface area (TPSA) is 84.5 Å². The Bertz CT molecular complexity index is 1010. The van der Waals surface area contributed by atoms with Crippen molar-refractivity contribution in [3.63, 3.8) is 0 Å². The Kier molecular flexibility index (Phi) is 6.95. The molecular weight excluding hydrogens is 380 g/mol. The fraction of sp³-hybridized carbons (Fsp3) is 0.125. The SMILES string of the molecule is CCCOC(=O)c1ccc(NC(=O)c2ccc(NC(=O)c3ccccc3)cc2)cc1. The first-order valence-corrected chi connectivity index (χ1v) is 9.62. The van der Waals surface area contributed by atoms with Crippen molar-refractivity contribution in [2.75, 3.05) is 17.2 Å². The average Bonchev–Trinajstić information content (AvgIpc) is 2.79. The van der Waals surface area contributed by atoms with Crippen LogP contribution in [0.1, 0.15) is 44.4 Å². The zero-order chi connectivity index (χ0) is 21.3. The van der Waals surface area contributed by atoms with Crippen LogP contribution in [-0.2, 0) is 4.74 Å². The molecule has 0 heterocycles. The van der Waals surface area contributed by atoms with Crippen LogP contribution in [0.3, 0.4) is 0 Å². The van der Waals surface area contributed by atoms with Gasteiger partial charge in [0.2, 0.25) is 0 Å². The minimum atomic E-state index is -0.386. The number of carbonyl (C=O) groups excluding carboxylic acids is 3. The zero-order valence-electron chi connectivity index (χ0n) is 16.6. The molecule has 0 spiro atoms. The number of ether oxygens (including phenoxy) is 1. The number of hydrogen-bond donors (Lipinski definition) is 2. The van der Waals surface area contributed by atoms with Crippen molar-refractivity contribution in [3.8, 4) is 0 Å². The predicted molar refractivity (Wildman–Crippen MR) is 116 cm³/mol. The molecule has 2 amide bonds. The van der Waals surface area contributed by atoms with E-state index in [1.54, 1.807) is 72.8 Å². The van der Waals surface area contributed by atoms with Crippen LogP contribution in [0.2, 0.25) is 0 Å². The van der Waals surface area contributed by atoms with Crippen molar-refractivity contribution >= 4 is 29.2 Å². The lowest BCUT2D eigenvalue weighted by Crippen LogP contribution is -2.14. The molecule has 152 valence electrons. The molecular formula is C24H22N2O4. The first kappa shape index (κ1) is 20.8. The molecule has 30 heavy (non-hydrogen) atoms. The van der Waals surface area contributed by atoms with Crippen LogP contribution >= 0.6 is 0 Å². The van der Waals surface area contributed by atoms with Gasteiger partial charge in [-0.1, -0.05) is 25.1 Å². The van der Waals surface area contributed by atoms with E-state index in [4.69, 9.17) is 4.74 Å². The number of amides is 2. The van der Waals surface area contributed by atoms with E-state index in [2.05, 4.69) is 10.6 Å². The summed E-state index contributed by atoms with van der Waals surface area (Å²) >= 11 is 0. The maximum Gasteiger partial charge on any atom is 0.338 e. The van der Waals surface area contributed by atoms with E-state index in [9.17, 15) is 14.4 Å². The average molecular weight is 402 g/mol. The maximum absolute atomic E-state index is 12.4. The zero-order valence-corrected chi connectivity index (χ0v) is 16.6. The van der Waals surface area contributed by atoms with Gasteiger partial charge in [0.1, 0.15) is 0 Å². The van der Waals surface area contributed by atoms with E-state index in [1.807, 2.05) is 13.0 Å². The van der Waals surface area contributed by atoms with Gasteiger partial charge in [0.15, 0.2) is 0 Å². The highest BCUT2D eigenvalue weighted by Crippen LogP contribution is 2.15. The van der Waals surface area contributed by atoms with E-state index in [-0.39, 0.29) is 17.8 Å². The van der Waals surface area contributed by atoms with E-state index in [1.165, 1.54) is 0 Å². The number of carbonyl (C=O) groups is 3. The summed E-state index contributed by atoms with van der Waals surface area (Å²) in [5, 5.41) is 5.57. The summed E-state index contributed by atoms with van der Waals surface area (Å²) in [6.07, 6.45) is 0.759. The molecule has 0 atom stereocenters. The molecule has 3 aromatic rings. The molecule has 6 nitrogen and oxygen atoms in total. The lowest BCUT2D eigenvalue weighted by atomic mass is 10.1. The summed E-state index contributed by atoms with van der Waals surface area (Å²) < 4.78 is 5.08. The number of hydrogen-bond acceptors (Lipinski definition) is 4. The molecule has 0 aliphatic rings. The van der Waals surface area contributed by atoms with E-state index in [0.717, 1.165) is 6.42 Å². The number of esters is 1. The third kappa shape index (κ3) is 5.54. The van der Waals surface area contributed by atoms with Crippen LogP contribution in [0.4, 0.5) is 11.4 Å². The number of anilines is 2. The molecule has 3 rings (SSSR count). The Balaban J connectivity index is 1.58. The molecule has 0 aliphatic carbocycles. The van der Waals surface area contributed by atoms with Crippen molar-refractivity contribution in [2.45, 2.75) is 13.3 Å². The van der Waals surface area contributed by atoms with Gasteiger partial charge in [-0.15, -0.1) is 0 Å². The van der Waals surface area contributed by atoms with Gasteiger partial charge >= 0.3 is 5.97 Å². The normalized spacial score (nSPS) is 10.2. The number of rotatable bonds is 7. The third-order valence-corrected chi connectivity index (χ3v) is 4.26. The van der Waals surface area contributed by atoms with Gasteiger partial charge in [-0.3, -0.25) is 9.59 Å². The van der Waals surface area contributed by atoms with Gasteiger partial charge in [0.25, 0.3) is 11.8 Å². The Morgan fingerprint density at radius 3 is 1.63 bits per heavy atom. The summed E-state index contributed by atoms with van der Waals surface area (Å²) in [6.45, 7) is 2.30. The quantitative estimate of drug-likeness (QED) is 0.558. The molecule has 0 unspecified atom stereocenters. The first-order valence-electron chi connectivity index (χ1n) is 9.62. The molecule has 0 aromatic heterocycles. The molecule has 0 saturated carbocycles. The van der Waals surface area contributed by atoms with Gasteiger partial charge in [0, 0.05) is 22.5 Å². The molecule has 2 N–H and O–H groups in total. The summed E-state index contributed by atoms with van der Waals surface area (Å²) in [7, 11) is 0. The van der Waals surface area contributed by atoms with Crippen LogP contribution in [-0.4, -0.2) is 24.4 Å². The van der Waals surface area contributed by atoms with E-state index in [0.29, 0.717) is 34.7 Å².